The third kappa shape index (κ3) is 1.68. The minimum Gasteiger partial charge on any atom is -0.390 e. The number of anilines is 1. The summed E-state index contributed by atoms with van der Waals surface area (Å²) in [4.78, 5) is 9.60. The van der Waals surface area contributed by atoms with Crippen molar-refractivity contribution in [2.75, 3.05) is 5.73 Å². The van der Waals surface area contributed by atoms with Crippen LogP contribution in [-0.4, -0.2) is 19.7 Å². The number of aryl methyl sites for hydroxylation is 2. The molecule has 0 spiro atoms. The molecule has 92 valence electrons. The van der Waals surface area contributed by atoms with E-state index in [2.05, 4.69) is 15.1 Å². The van der Waals surface area contributed by atoms with Crippen LogP contribution in [0, 0.1) is 6.92 Å². The van der Waals surface area contributed by atoms with Crippen LogP contribution in [0.1, 0.15) is 4.88 Å². The van der Waals surface area contributed by atoms with E-state index in [1.807, 2.05) is 30.8 Å². The minimum absolute atomic E-state index is 0.426. The van der Waals surface area contributed by atoms with E-state index in [9.17, 15) is 0 Å². The summed E-state index contributed by atoms with van der Waals surface area (Å²) in [6.07, 6.45) is 3.52. The molecule has 0 amide bonds. The largest absolute Gasteiger partial charge is 0.390 e. The lowest BCUT2D eigenvalue weighted by Crippen LogP contribution is -1.92. The van der Waals surface area contributed by atoms with E-state index in [0.29, 0.717) is 22.5 Å². The van der Waals surface area contributed by atoms with Crippen molar-refractivity contribution in [2.24, 2.45) is 7.05 Å². The first-order chi connectivity index (χ1) is 8.65. The van der Waals surface area contributed by atoms with Crippen molar-refractivity contribution in [1.82, 2.24) is 19.7 Å². The third-order valence-electron chi connectivity index (χ3n) is 2.56. The predicted molar refractivity (Wildman–Crippen MR) is 69.0 cm³/mol. The van der Waals surface area contributed by atoms with Crippen LogP contribution in [-0.2, 0) is 7.05 Å². The van der Waals surface area contributed by atoms with E-state index >= 15 is 0 Å². The van der Waals surface area contributed by atoms with Crippen LogP contribution in [0.25, 0.3) is 23.1 Å². The number of thiophene rings is 1. The first-order valence-corrected chi connectivity index (χ1v) is 6.14. The van der Waals surface area contributed by atoms with Gasteiger partial charge in [0.25, 0.3) is 5.89 Å². The molecule has 0 bridgehead atoms. The molecule has 0 aliphatic heterocycles. The van der Waals surface area contributed by atoms with Crippen molar-refractivity contribution in [3.05, 3.63) is 23.3 Å². The van der Waals surface area contributed by atoms with Gasteiger partial charge in [0.1, 0.15) is 0 Å². The molecule has 3 rings (SSSR count). The molecule has 0 saturated carbocycles. The molecule has 3 heterocycles. The van der Waals surface area contributed by atoms with Gasteiger partial charge in [-0.25, -0.2) is 4.98 Å². The number of nitrogen functional groups attached to an aromatic ring is 1. The highest BCUT2D eigenvalue weighted by Crippen LogP contribution is 2.33. The number of hydrogen-bond acceptors (Lipinski definition) is 6. The fraction of sp³-hybridized carbons (Fsp3) is 0.182. The molecule has 0 radical (unpaired) electrons. The molecule has 3 aromatic heterocycles. The van der Waals surface area contributed by atoms with Crippen molar-refractivity contribution >= 4 is 16.3 Å². The summed E-state index contributed by atoms with van der Waals surface area (Å²) in [6, 6.07) is 1.94. The maximum absolute atomic E-state index is 5.90. The van der Waals surface area contributed by atoms with Crippen molar-refractivity contribution in [3.63, 3.8) is 0 Å². The van der Waals surface area contributed by atoms with Crippen LogP contribution in [0.5, 0.6) is 0 Å². The molecule has 3 aromatic rings. The zero-order valence-electron chi connectivity index (χ0n) is 9.91. The van der Waals surface area contributed by atoms with Gasteiger partial charge in [-0.15, -0.1) is 11.3 Å². The second-order valence-corrected chi connectivity index (χ2v) is 5.21. The summed E-state index contributed by atoms with van der Waals surface area (Å²) in [5.74, 6) is 1.55. The van der Waals surface area contributed by atoms with E-state index in [1.54, 1.807) is 6.20 Å². The normalized spacial score (nSPS) is 11.0. The number of nitrogens with zero attached hydrogens (tertiary/aromatic N) is 4. The molecule has 0 atom stereocenters. The minimum atomic E-state index is 0.426. The highest BCUT2D eigenvalue weighted by atomic mass is 32.1. The zero-order chi connectivity index (χ0) is 12.7. The van der Waals surface area contributed by atoms with Crippen molar-refractivity contribution < 1.29 is 4.52 Å². The lowest BCUT2D eigenvalue weighted by atomic mass is 10.3. The maximum atomic E-state index is 5.90. The average Bonchev–Trinajstić information content (AvgIpc) is 2.98. The summed E-state index contributed by atoms with van der Waals surface area (Å²) in [6.45, 7) is 1.99. The molecule has 0 fully saturated rings. The second kappa shape index (κ2) is 3.95. The molecule has 0 aromatic carbocycles. The zero-order valence-corrected chi connectivity index (χ0v) is 10.7. The fourth-order valence-corrected chi connectivity index (χ4v) is 2.48. The fourth-order valence-electron chi connectivity index (χ4n) is 1.70. The maximum Gasteiger partial charge on any atom is 0.261 e. The summed E-state index contributed by atoms with van der Waals surface area (Å²) < 4.78 is 7.07. The number of imidazole rings is 1. The highest BCUT2D eigenvalue weighted by molar-refractivity contribution is 7.16. The highest BCUT2D eigenvalue weighted by Gasteiger charge is 2.16. The molecule has 0 aliphatic carbocycles. The Morgan fingerprint density at radius 3 is 2.89 bits per heavy atom. The predicted octanol–water partition coefficient (Wildman–Crippen LogP) is 2.09. The Bertz CT molecular complexity index is 696. The summed E-state index contributed by atoms with van der Waals surface area (Å²) in [7, 11) is 1.88. The molecular formula is C11H11N5OS. The van der Waals surface area contributed by atoms with Crippen LogP contribution in [0.15, 0.2) is 23.0 Å². The summed E-state index contributed by atoms with van der Waals surface area (Å²) in [5, 5.41) is 4.61. The molecular weight excluding hydrogens is 250 g/mol. The number of aromatic nitrogens is 4. The quantitative estimate of drug-likeness (QED) is 0.763. The van der Waals surface area contributed by atoms with Crippen LogP contribution >= 0.6 is 11.3 Å². The Balaban J connectivity index is 2.05. The van der Waals surface area contributed by atoms with E-state index in [0.717, 1.165) is 10.4 Å². The third-order valence-corrected chi connectivity index (χ3v) is 3.44. The van der Waals surface area contributed by atoms with Gasteiger partial charge in [0, 0.05) is 24.3 Å². The van der Waals surface area contributed by atoms with E-state index < -0.39 is 0 Å². The van der Waals surface area contributed by atoms with Gasteiger partial charge < -0.3 is 14.8 Å². The van der Waals surface area contributed by atoms with Crippen LogP contribution in [0.3, 0.4) is 0 Å². The summed E-state index contributed by atoms with van der Waals surface area (Å²) in [5.41, 5.74) is 6.68. The Labute approximate surface area is 107 Å². The number of nitrogens with two attached hydrogens (primary N) is 1. The van der Waals surface area contributed by atoms with Gasteiger partial charge >= 0.3 is 0 Å². The Morgan fingerprint density at radius 2 is 2.28 bits per heavy atom. The lowest BCUT2D eigenvalue weighted by Gasteiger charge is -1.93. The van der Waals surface area contributed by atoms with E-state index in [4.69, 9.17) is 10.3 Å². The number of rotatable bonds is 2. The van der Waals surface area contributed by atoms with Gasteiger partial charge in [-0.05, 0) is 13.0 Å². The van der Waals surface area contributed by atoms with Crippen LogP contribution in [0.2, 0.25) is 0 Å². The first kappa shape index (κ1) is 11.0. The molecule has 0 aliphatic rings. The lowest BCUT2D eigenvalue weighted by molar-refractivity contribution is 0.432. The topological polar surface area (TPSA) is 82.8 Å². The molecule has 6 nitrogen and oxygen atoms in total. The monoisotopic (exact) mass is 261 g/mol. The Morgan fingerprint density at radius 1 is 1.44 bits per heavy atom. The Kier molecular flexibility index (Phi) is 2.41. The van der Waals surface area contributed by atoms with E-state index in [1.165, 1.54) is 11.3 Å². The molecule has 0 unspecified atom stereocenters. The molecule has 0 saturated heterocycles. The van der Waals surface area contributed by atoms with Crippen LogP contribution in [0.4, 0.5) is 5.00 Å². The van der Waals surface area contributed by atoms with Gasteiger partial charge in [0.15, 0.2) is 5.82 Å². The first-order valence-electron chi connectivity index (χ1n) is 5.33. The second-order valence-electron chi connectivity index (χ2n) is 3.92. The molecule has 18 heavy (non-hydrogen) atoms. The van der Waals surface area contributed by atoms with Gasteiger partial charge in [-0.1, -0.05) is 5.16 Å². The average molecular weight is 261 g/mol. The standard InChI is InChI=1S/C11H11N5OS/c1-6-5-7(8(12)18-6)11-14-9(15-17-11)10-13-3-4-16(10)2/h3-5H,12H2,1-2H3. The van der Waals surface area contributed by atoms with Gasteiger partial charge in [-0.3, -0.25) is 0 Å². The molecule has 2 N–H and O–H groups in total. The van der Waals surface area contributed by atoms with Crippen LogP contribution < -0.4 is 5.73 Å². The van der Waals surface area contributed by atoms with Crippen molar-refractivity contribution in [2.45, 2.75) is 6.92 Å². The summed E-state index contributed by atoms with van der Waals surface area (Å²) >= 11 is 1.50. The smallest absolute Gasteiger partial charge is 0.261 e. The SMILES string of the molecule is Cc1cc(-c2nc(-c3nccn3C)no2)c(N)s1. The van der Waals surface area contributed by atoms with Crippen molar-refractivity contribution in [3.8, 4) is 23.1 Å². The number of hydrogen-bond donors (Lipinski definition) is 1. The Hall–Kier alpha value is -2.15. The van der Waals surface area contributed by atoms with Gasteiger partial charge in [-0.2, -0.15) is 4.98 Å². The van der Waals surface area contributed by atoms with E-state index in [-0.39, 0.29) is 0 Å². The van der Waals surface area contributed by atoms with Crippen molar-refractivity contribution in [1.29, 1.82) is 0 Å². The van der Waals surface area contributed by atoms with Gasteiger partial charge in [0.05, 0.1) is 10.6 Å². The molecule has 7 heteroatoms. The van der Waals surface area contributed by atoms with Gasteiger partial charge in [0.2, 0.25) is 5.82 Å².